The molecule has 1 fully saturated rings. The Bertz CT molecular complexity index is 732. The lowest BCUT2D eigenvalue weighted by Gasteiger charge is -2.31. The maximum Gasteiger partial charge on any atom is 0.228 e. The third-order valence-electron chi connectivity index (χ3n) is 4.13. The molecular formula is C18H22N4O2S. The number of hydrogen-bond donors (Lipinski definition) is 2. The summed E-state index contributed by atoms with van der Waals surface area (Å²) in [5, 5.41) is 6.32. The van der Waals surface area contributed by atoms with Gasteiger partial charge in [-0.15, -0.1) is 11.3 Å². The molecule has 1 unspecified atom stereocenters. The van der Waals surface area contributed by atoms with Crippen LogP contribution in [0.3, 0.4) is 0 Å². The summed E-state index contributed by atoms with van der Waals surface area (Å²) in [5.41, 5.74) is 0.840. The van der Waals surface area contributed by atoms with E-state index in [1.54, 1.807) is 6.20 Å². The van der Waals surface area contributed by atoms with Gasteiger partial charge in [0.1, 0.15) is 0 Å². The zero-order chi connectivity index (χ0) is 17.6. The van der Waals surface area contributed by atoms with Gasteiger partial charge in [-0.3, -0.25) is 14.5 Å². The number of thiazole rings is 1. The smallest absolute Gasteiger partial charge is 0.228 e. The number of nitrogens with zero attached hydrogens (tertiary/aromatic N) is 2. The lowest BCUT2D eigenvalue weighted by Crippen LogP contribution is -2.40. The third-order valence-corrected chi connectivity index (χ3v) is 5.03. The van der Waals surface area contributed by atoms with Crippen LogP contribution < -0.4 is 10.6 Å². The third kappa shape index (κ3) is 5.11. The molecule has 1 atom stereocenters. The summed E-state index contributed by atoms with van der Waals surface area (Å²) in [6, 6.07) is 9.57. The molecule has 3 rings (SSSR count). The lowest BCUT2D eigenvalue weighted by atomic mass is 9.97. The molecular weight excluding hydrogens is 336 g/mol. The van der Waals surface area contributed by atoms with E-state index in [0.717, 1.165) is 43.0 Å². The van der Waals surface area contributed by atoms with Gasteiger partial charge in [0.15, 0.2) is 5.13 Å². The minimum atomic E-state index is -0.114. The maximum atomic E-state index is 12.5. The van der Waals surface area contributed by atoms with E-state index in [2.05, 4.69) is 20.5 Å². The minimum absolute atomic E-state index is 0.00306. The van der Waals surface area contributed by atoms with Crippen LogP contribution in [0.5, 0.6) is 0 Å². The highest BCUT2D eigenvalue weighted by Gasteiger charge is 2.26. The Balaban J connectivity index is 1.54. The lowest BCUT2D eigenvalue weighted by molar-refractivity contribution is -0.121. The van der Waals surface area contributed by atoms with E-state index in [1.807, 2.05) is 30.3 Å². The number of rotatable bonds is 5. The molecule has 1 aromatic heterocycles. The number of carbonyl (C=O) groups is 2. The molecule has 0 aliphatic carbocycles. The molecule has 0 bridgehead atoms. The van der Waals surface area contributed by atoms with E-state index >= 15 is 0 Å². The number of amides is 2. The molecule has 6 nitrogen and oxygen atoms in total. The maximum absolute atomic E-state index is 12.5. The first kappa shape index (κ1) is 17.6. The van der Waals surface area contributed by atoms with Gasteiger partial charge >= 0.3 is 0 Å². The topological polar surface area (TPSA) is 74.3 Å². The summed E-state index contributed by atoms with van der Waals surface area (Å²) in [7, 11) is 0. The summed E-state index contributed by atoms with van der Waals surface area (Å²) in [6.45, 7) is 3.95. The second kappa shape index (κ2) is 8.22. The predicted molar refractivity (Wildman–Crippen MR) is 99.5 cm³/mol. The predicted octanol–water partition coefficient (Wildman–Crippen LogP) is 2.95. The Kier molecular flexibility index (Phi) is 5.78. The van der Waals surface area contributed by atoms with Gasteiger partial charge in [-0.2, -0.15) is 0 Å². The van der Waals surface area contributed by atoms with E-state index in [1.165, 1.54) is 18.3 Å². The molecule has 2 amide bonds. The molecule has 1 aliphatic heterocycles. The van der Waals surface area contributed by atoms with Crippen LogP contribution in [-0.4, -0.2) is 34.8 Å². The summed E-state index contributed by atoms with van der Waals surface area (Å²) >= 11 is 1.48. The minimum Gasteiger partial charge on any atom is -0.326 e. The Labute approximate surface area is 151 Å². The summed E-state index contributed by atoms with van der Waals surface area (Å²) in [5.74, 6) is -0.0349. The van der Waals surface area contributed by atoms with Crippen molar-refractivity contribution in [3.05, 3.63) is 41.4 Å². The monoisotopic (exact) mass is 358 g/mol. The average molecular weight is 358 g/mol. The van der Waals surface area contributed by atoms with Gasteiger partial charge in [-0.25, -0.2) is 4.98 Å². The van der Waals surface area contributed by atoms with Crippen LogP contribution >= 0.6 is 11.3 Å². The number of piperidine rings is 1. The zero-order valence-corrected chi connectivity index (χ0v) is 15.0. The van der Waals surface area contributed by atoms with Crippen LogP contribution in [0.15, 0.2) is 36.5 Å². The summed E-state index contributed by atoms with van der Waals surface area (Å²) < 4.78 is 0. The SMILES string of the molecule is CC(=O)Nc1ncc(CN2CCCC(C(=O)Nc3ccccc3)C2)s1. The van der Waals surface area contributed by atoms with Gasteiger partial charge in [0, 0.05) is 36.8 Å². The van der Waals surface area contributed by atoms with Gasteiger partial charge in [0.25, 0.3) is 0 Å². The Morgan fingerprint density at radius 2 is 2.08 bits per heavy atom. The van der Waals surface area contributed by atoms with Crippen molar-refractivity contribution in [3.8, 4) is 0 Å². The molecule has 1 aromatic carbocycles. The molecule has 132 valence electrons. The number of nitrogens with one attached hydrogen (secondary N) is 2. The Hall–Kier alpha value is -2.25. The van der Waals surface area contributed by atoms with Crippen LogP contribution in [0.2, 0.25) is 0 Å². The fourth-order valence-corrected chi connectivity index (χ4v) is 3.89. The molecule has 0 saturated carbocycles. The fraction of sp³-hybridized carbons (Fsp3) is 0.389. The highest BCUT2D eigenvalue weighted by Crippen LogP contribution is 2.24. The van der Waals surface area contributed by atoms with Crippen molar-refractivity contribution < 1.29 is 9.59 Å². The second-order valence-corrected chi connectivity index (χ2v) is 7.36. The van der Waals surface area contributed by atoms with E-state index in [-0.39, 0.29) is 17.7 Å². The largest absolute Gasteiger partial charge is 0.326 e. The zero-order valence-electron chi connectivity index (χ0n) is 14.2. The van der Waals surface area contributed by atoms with Crippen molar-refractivity contribution in [1.82, 2.24) is 9.88 Å². The van der Waals surface area contributed by atoms with Gasteiger partial charge in [0.2, 0.25) is 11.8 Å². The molecule has 2 aromatic rings. The molecule has 0 radical (unpaired) electrons. The van der Waals surface area contributed by atoms with Crippen LogP contribution in [0.1, 0.15) is 24.6 Å². The second-order valence-electron chi connectivity index (χ2n) is 6.24. The molecule has 2 heterocycles. The van der Waals surface area contributed by atoms with Crippen molar-refractivity contribution in [2.75, 3.05) is 23.7 Å². The van der Waals surface area contributed by atoms with Crippen molar-refractivity contribution in [2.45, 2.75) is 26.3 Å². The van der Waals surface area contributed by atoms with E-state index in [0.29, 0.717) is 5.13 Å². The van der Waals surface area contributed by atoms with Crippen LogP contribution in [-0.2, 0) is 16.1 Å². The quantitative estimate of drug-likeness (QED) is 0.862. The Morgan fingerprint density at radius 3 is 2.84 bits per heavy atom. The average Bonchev–Trinajstić information content (AvgIpc) is 3.02. The van der Waals surface area contributed by atoms with E-state index < -0.39 is 0 Å². The summed E-state index contributed by atoms with van der Waals surface area (Å²) in [6.07, 6.45) is 3.71. The molecule has 0 spiro atoms. The molecule has 7 heteroatoms. The van der Waals surface area contributed by atoms with Gasteiger partial charge < -0.3 is 10.6 Å². The highest BCUT2D eigenvalue weighted by molar-refractivity contribution is 7.15. The normalized spacial score (nSPS) is 17.9. The van der Waals surface area contributed by atoms with Gasteiger partial charge in [-0.1, -0.05) is 18.2 Å². The first-order valence-electron chi connectivity index (χ1n) is 8.41. The van der Waals surface area contributed by atoms with Gasteiger partial charge in [0.05, 0.1) is 5.92 Å². The van der Waals surface area contributed by atoms with E-state index in [4.69, 9.17) is 0 Å². The van der Waals surface area contributed by atoms with Gasteiger partial charge in [-0.05, 0) is 31.5 Å². The van der Waals surface area contributed by atoms with E-state index in [9.17, 15) is 9.59 Å². The number of benzene rings is 1. The van der Waals surface area contributed by atoms with Crippen molar-refractivity contribution >= 4 is 34.0 Å². The molecule has 2 N–H and O–H groups in total. The first-order chi connectivity index (χ1) is 12.1. The van der Waals surface area contributed by atoms with Crippen molar-refractivity contribution in [2.24, 2.45) is 5.92 Å². The number of likely N-dealkylation sites (tertiary alicyclic amines) is 1. The molecule has 1 aliphatic rings. The Morgan fingerprint density at radius 1 is 1.28 bits per heavy atom. The standard InChI is InChI=1S/C18H22N4O2S/c1-13(23)20-18-19-10-16(25-18)12-22-9-5-6-14(11-22)17(24)21-15-7-3-2-4-8-15/h2-4,7-8,10,14H,5-6,9,11-12H2,1H3,(H,21,24)(H,19,20,23). The number of carbonyl (C=O) groups excluding carboxylic acids is 2. The van der Waals surface area contributed by atoms with Crippen molar-refractivity contribution in [1.29, 1.82) is 0 Å². The van der Waals surface area contributed by atoms with Crippen LogP contribution in [0.25, 0.3) is 0 Å². The molecule has 1 saturated heterocycles. The number of hydrogen-bond acceptors (Lipinski definition) is 5. The number of aromatic nitrogens is 1. The number of anilines is 2. The molecule has 25 heavy (non-hydrogen) atoms. The van der Waals surface area contributed by atoms with Crippen LogP contribution in [0.4, 0.5) is 10.8 Å². The first-order valence-corrected chi connectivity index (χ1v) is 9.22. The fourth-order valence-electron chi connectivity index (χ4n) is 2.99. The van der Waals surface area contributed by atoms with Crippen molar-refractivity contribution in [3.63, 3.8) is 0 Å². The summed E-state index contributed by atoms with van der Waals surface area (Å²) in [4.78, 5) is 31.2. The van der Waals surface area contributed by atoms with Crippen LogP contribution in [0, 0.1) is 5.92 Å². The highest BCUT2D eigenvalue weighted by atomic mass is 32.1. The number of para-hydroxylation sites is 1.